The van der Waals surface area contributed by atoms with Crippen LogP contribution in [0.5, 0.6) is 11.5 Å². The van der Waals surface area contributed by atoms with Crippen molar-refractivity contribution < 1.29 is 19.6 Å². The molecule has 2 aromatic rings. The van der Waals surface area contributed by atoms with Gasteiger partial charge in [-0.3, -0.25) is 14.9 Å². The first kappa shape index (κ1) is 16.9. The molecule has 2 rings (SSSR count). The number of phenols is 1. The van der Waals surface area contributed by atoms with Crippen LogP contribution in [0.1, 0.15) is 11.1 Å². The Morgan fingerprint density at radius 3 is 2.79 bits per heavy atom. The number of aryl methyl sites for hydroxylation is 1. The molecular weight excluding hydrogens is 314 g/mol. The molecule has 2 N–H and O–H groups in total. The molecule has 1 amide bonds. The number of carbonyl (C=O) groups is 1. The summed E-state index contributed by atoms with van der Waals surface area (Å²) in [6.45, 7) is 1.67. The van der Waals surface area contributed by atoms with E-state index in [1.165, 1.54) is 18.3 Å². The number of nitrogens with zero attached hydrogens (tertiary/aromatic N) is 2. The molecule has 0 saturated heterocycles. The molecule has 0 aromatic heterocycles. The highest BCUT2D eigenvalue weighted by atomic mass is 16.6. The molecule has 0 heterocycles. The molecule has 0 aliphatic carbocycles. The Kier molecular flexibility index (Phi) is 5.45. The van der Waals surface area contributed by atoms with Crippen molar-refractivity contribution in [1.82, 2.24) is 5.43 Å². The van der Waals surface area contributed by atoms with E-state index in [2.05, 4.69) is 10.5 Å². The van der Waals surface area contributed by atoms with Crippen LogP contribution < -0.4 is 10.2 Å². The average Bonchev–Trinajstić information content (AvgIpc) is 2.54. The molecule has 24 heavy (non-hydrogen) atoms. The summed E-state index contributed by atoms with van der Waals surface area (Å²) in [6.07, 6.45) is 1.26. The topological polar surface area (TPSA) is 114 Å². The molecule has 0 bridgehead atoms. The number of rotatable bonds is 6. The predicted molar refractivity (Wildman–Crippen MR) is 87.2 cm³/mol. The number of hydrogen-bond donors (Lipinski definition) is 2. The lowest BCUT2D eigenvalue weighted by Crippen LogP contribution is -2.24. The zero-order chi connectivity index (χ0) is 17.5. The maximum atomic E-state index is 11.6. The Bertz CT molecular complexity index is 789. The van der Waals surface area contributed by atoms with Crippen molar-refractivity contribution in [3.05, 3.63) is 63.7 Å². The van der Waals surface area contributed by atoms with Crippen LogP contribution in [0.2, 0.25) is 0 Å². The van der Waals surface area contributed by atoms with E-state index in [0.717, 1.165) is 11.6 Å². The molecule has 0 atom stereocenters. The van der Waals surface area contributed by atoms with Gasteiger partial charge in [0.25, 0.3) is 5.91 Å². The monoisotopic (exact) mass is 329 g/mol. The predicted octanol–water partition coefficient (Wildman–Crippen LogP) is 2.14. The first-order chi connectivity index (χ1) is 11.5. The van der Waals surface area contributed by atoms with Gasteiger partial charge in [-0.05, 0) is 36.2 Å². The van der Waals surface area contributed by atoms with Crippen molar-refractivity contribution in [2.75, 3.05) is 6.61 Å². The SMILES string of the molecule is Cc1ccccc1OCC(=O)NN=Cc1ccc([N+](=O)[O-])c(O)c1. The number of carbonyl (C=O) groups excluding carboxylic acids is 1. The summed E-state index contributed by atoms with van der Waals surface area (Å²) < 4.78 is 5.36. The molecule has 2 aromatic carbocycles. The van der Waals surface area contributed by atoms with Crippen LogP contribution in [0.15, 0.2) is 47.6 Å². The second-order valence-electron chi connectivity index (χ2n) is 4.85. The molecule has 0 aliphatic heterocycles. The minimum atomic E-state index is -0.694. The smallest absolute Gasteiger partial charge is 0.310 e. The van der Waals surface area contributed by atoms with Gasteiger partial charge in [-0.15, -0.1) is 0 Å². The number of hydrogen-bond acceptors (Lipinski definition) is 6. The molecule has 0 saturated carbocycles. The molecule has 0 aliphatic rings. The summed E-state index contributed by atoms with van der Waals surface area (Å²) in [7, 11) is 0. The molecular formula is C16H15N3O5. The minimum absolute atomic E-state index is 0.201. The highest BCUT2D eigenvalue weighted by molar-refractivity contribution is 5.83. The maximum absolute atomic E-state index is 11.6. The van der Waals surface area contributed by atoms with Gasteiger partial charge in [0, 0.05) is 6.07 Å². The lowest BCUT2D eigenvalue weighted by molar-refractivity contribution is -0.385. The van der Waals surface area contributed by atoms with Crippen LogP contribution >= 0.6 is 0 Å². The zero-order valence-electron chi connectivity index (χ0n) is 12.8. The van der Waals surface area contributed by atoms with Gasteiger partial charge < -0.3 is 9.84 Å². The van der Waals surface area contributed by atoms with E-state index in [-0.39, 0.29) is 6.61 Å². The number of aromatic hydroxyl groups is 1. The molecule has 8 heteroatoms. The van der Waals surface area contributed by atoms with Gasteiger partial charge in [-0.1, -0.05) is 18.2 Å². The zero-order valence-corrected chi connectivity index (χ0v) is 12.8. The Morgan fingerprint density at radius 2 is 2.12 bits per heavy atom. The molecule has 0 spiro atoms. The molecule has 124 valence electrons. The second-order valence-corrected chi connectivity index (χ2v) is 4.85. The maximum Gasteiger partial charge on any atom is 0.310 e. The number of hydrazone groups is 1. The number of ether oxygens (including phenoxy) is 1. The highest BCUT2D eigenvalue weighted by Gasteiger charge is 2.12. The van der Waals surface area contributed by atoms with Gasteiger partial charge >= 0.3 is 5.69 Å². The number of phenolic OH excluding ortho intramolecular Hbond substituents is 1. The summed E-state index contributed by atoms with van der Waals surface area (Å²) in [6, 6.07) is 11.0. The number of nitro benzene ring substituents is 1. The van der Waals surface area contributed by atoms with Gasteiger partial charge in [-0.25, -0.2) is 5.43 Å². The van der Waals surface area contributed by atoms with E-state index in [4.69, 9.17) is 4.74 Å². The quantitative estimate of drug-likeness (QED) is 0.479. The Morgan fingerprint density at radius 1 is 1.38 bits per heavy atom. The summed E-state index contributed by atoms with van der Waals surface area (Å²) in [5, 5.41) is 23.8. The van der Waals surface area contributed by atoms with Crippen molar-refractivity contribution in [1.29, 1.82) is 0 Å². The normalized spacial score (nSPS) is 10.5. The van der Waals surface area contributed by atoms with E-state index in [1.807, 2.05) is 19.1 Å². The minimum Gasteiger partial charge on any atom is -0.502 e. The second kappa shape index (κ2) is 7.73. The van der Waals surface area contributed by atoms with Gasteiger partial charge in [0.1, 0.15) is 5.75 Å². The van der Waals surface area contributed by atoms with Crippen LogP contribution in [0, 0.1) is 17.0 Å². The third-order valence-electron chi connectivity index (χ3n) is 3.05. The van der Waals surface area contributed by atoms with Crippen molar-refractivity contribution in [2.45, 2.75) is 6.92 Å². The van der Waals surface area contributed by atoms with Crippen molar-refractivity contribution in [3.8, 4) is 11.5 Å². The van der Waals surface area contributed by atoms with Gasteiger partial charge in [0.15, 0.2) is 12.4 Å². The largest absolute Gasteiger partial charge is 0.502 e. The van der Waals surface area contributed by atoms with Gasteiger partial charge in [-0.2, -0.15) is 5.10 Å². The van der Waals surface area contributed by atoms with E-state index < -0.39 is 22.3 Å². The van der Waals surface area contributed by atoms with Crippen LogP contribution in [0.3, 0.4) is 0 Å². The molecule has 0 unspecified atom stereocenters. The van der Waals surface area contributed by atoms with Gasteiger partial charge in [0.2, 0.25) is 0 Å². The number of para-hydroxylation sites is 1. The summed E-state index contributed by atoms with van der Waals surface area (Å²) in [5.74, 6) is -0.323. The fourth-order valence-electron chi connectivity index (χ4n) is 1.85. The van der Waals surface area contributed by atoms with E-state index >= 15 is 0 Å². The summed E-state index contributed by atoms with van der Waals surface area (Å²) in [4.78, 5) is 21.5. The number of benzene rings is 2. The Balaban J connectivity index is 1.87. The van der Waals surface area contributed by atoms with Crippen LogP contribution in [-0.4, -0.2) is 28.8 Å². The van der Waals surface area contributed by atoms with Crippen molar-refractivity contribution >= 4 is 17.8 Å². The van der Waals surface area contributed by atoms with Crippen LogP contribution in [0.25, 0.3) is 0 Å². The van der Waals surface area contributed by atoms with Gasteiger partial charge in [0.05, 0.1) is 11.1 Å². The van der Waals surface area contributed by atoms with Crippen LogP contribution in [0.4, 0.5) is 5.69 Å². The molecule has 0 fully saturated rings. The lowest BCUT2D eigenvalue weighted by atomic mass is 10.2. The Labute approximate surface area is 137 Å². The lowest BCUT2D eigenvalue weighted by Gasteiger charge is -2.07. The standard InChI is InChI=1S/C16H15N3O5/c1-11-4-2-3-5-15(11)24-10-16(21)18-17-9-12-6-7-13(19(22)23)14(20)8-12/h2-9,20H,10H2,1H3,(H,18,21). The molecule has 0 radical (unpaired) electrons. The number of amides is 1. The highest BCUT2D eigenvalue weighted by Crippen LogP contribution is 2.25. The fourth-order valence-corrected chi connectivity index (χ4v) is 1.85. The third-order valence-corrected chi connectivity index (χ3v) is 3.05. The Hall–Kier alpha value is -3.42. The van der Waals surface area contributed by atoms with E-state index in [1.54, 1.807) is 12.1 Å². The first-order valence-electron chi connectivity index (χ1n) is 6.95. The van der Waals surface area contributed by atoms with Crippen LogP contribution in [-0.2, 0) is 4.79 Å². The molecule has 8 nitrogen and oxygen atoms in total. The average molecular weight is 329 g/mol. The summed E-state index contributed by atoms with van der Waals surface area (Å²) >= 11 is 0. The van der Waals surface area contributed by atoms with E-state index in [0.29, 0.717) is 11.3 Å². The van der Waals surface area contributed by atoms with Crippen molar-refractivity contribution in [2.24, 2.45) is 5.10 Å². The van der Waals surface area contributed by atoms with E-state index in [9.17, 15) is 20.0 Å². The number of nitro groups is 1. The first-order valence-corrected chi connectivity index (χ1v) is 6.95. The fraction of sp³-hybridized carbons (Fsp3) is 0.125. The number of nitrogens with one attached hydrogen (secondary N) is 1. The summed E-state index contributed by atoms with van der Waals surface area (Å²) in [5.41, 5.74) is 3.18. The van der Waals surface area contributed by atoms with Crippen molar-refractivity contribution in [3.63, 3.8) is 0 Å². The third kappa shape index (κ3) is 4.54.